The highest BCUT2D eigenvalue weighted by Gasteiger charge is 2.28. The van der Waals surface area contributed by atoms with Gasteiger partial charge in [0.15, 0.2) is 0 Å². The number of hydrogen-bond donors (Lipinski definition) is 1. The summed E-state index contributed by atoms with van der Waals surface area (Å²) < 4.78 is 33.0. The maximum absolute atomic E-state index is 13.4. The van der Waals surface area contributed by atoms with Gasteiger partial charge >= 0.3 is 0 Å². The lowest BCUT2D eigenvalue weighted by Crippen LogP contribution is -2.37. The van der Waals surface area contributed by atoms with E-state index in [1.165, 1.54) is 50.4 Å². The van der Waals surface area contributed by atoms with Crippen LogP contribution in [0.2, 0.25) is 5.02 Å². The Morgan fingerprint density at radius 2 is 1.82 bits per heavy atom. The summed E-state index contributed by atoms with van der Waals surface area (Å²) in [6, 6.07) is 17.1. The number of halogens is 1. The SMILES string of the molecule is COc1ccc(S(=O)(=O)N(CC(=O)Nc2cccc([N+](=O)[O-])c2C)Cc2ccccc2)cc1Cl. The van der Waals surface area contributed by atoms with Crippen molar-refractivity contribution in [2.45, 2.75) is 18.4 Å². The zero-order valence-corrected chi connectivity index (χ0v) is 20.0. The number of carbonyl (C=O) groups is 1. The molecule has 34 heavy (non-hydrogen) atoms. The Morgan fingerprint density at radius 3 is 2.44 bits per heavy atom. The topological polar surface area (TPSA) is 119 Å². The number of benzene rings is 3. The molecule has 1 amide bonds. The summed E-state index contributed by atoms with van der Waals surface area (Å²) in [6.45, 7) is 0.906. The van der Waals surface area contributed by atoms with Crippen molar-refractivity contribution in [3.63, 3.8) is 0 Å². The molecule has 11 heteroatoms. The Morgan fingerprint density at radius 1 is 1.12 bits per heavy atom. The predicted octanol–water partition coefficient (Wildman–Crippen LogP) is 4.39. The molecule has 0 heterocycles. The molecule has 0 radical (unpaired) electrons. The molecule has 3 rings (SSSR count). The number of amides is 1. The molecular formula is C23H22ClN3O6S. The maximum Gasteiger partial charge on any atom is 0.274 e. The molecule has 0 atom stereocenters. The second kappa shape index (κ2) is 10.6. The molecule has 3 aromatic rings. The third kappa shape index (κ3) is 5.71. The molecule has 0 aromatic heterocycles. The first-order valence-corrected chi connectivity index (χ1v) is 11.9. The van der Waals surface area contributed by atoms with Gasteiger partial charge in [0.2, 0.25) is 15.9 Å². The van der Waals surface area contributed by atoms with Crippen molar-refractivity contribution in [1.29, 1.82) is 0 Å². The van der Waals surface area contributed by atoms with Gasteiger partial charge in [-0.15, -0.1) is 0 Å². The fourth-order valence-electron chi connectivity index (χ4n) is 3.28. The van der Waals surface area contributed by atoms with Crippen molar-refractivity contribution < 1.29 is 22.9 Å². The van der Waals surface area contributed by atoms with E-state index >= 15 is 0 Å². The minimum absolute atomic E-state index is 0.0752. The van der Waals surface area contributed by atoms with E-state index in [-0.39, 0.29) is 33.4 Å². The predicted molar refractivity (Wildman–Crippen MR) is 129 cm³/mol. The summed E-state index contributed by atoms with van der Waals surface area (Å²) in [5.41, 5.74) is 1.01. The van der Waals surface area contributed by atoms with Crippen molar-refractivity contribution in [2.75, 3.05) is 19.0 Å². The molecule has 0 bridgehead atoms. The second-order valence-electron chi connectivity index (χ2n) is 7.31. The van der Waals surface area contributed by atoms with Gasteiger partial charge in [-0.05, 0) is 36.8 Å². The second-order valence-corrected chi connectivity index (χ2v) is 9.66. The van der Waals surface area contributed by atoms with E-state index in [4.69, 9.17) is 16.3 Å². The van der Waals surface area contributed by atoms with Gasteiger partial charge in [-0.2, -0.15) is 4.31 Å². The molecule has 0 unspecified atom stereocenters. The fourth-order valence-corrected chi connectivity index (χ4v) is 5.01. The summed E-state index contributed by atoms with van der Waals surface area (Å²) in [7, 11) is -2.73. The Labute approximate surface area is 202 Å². The number of ether oxygens (including phenoxy) is 1. The minimum Gasteiger partial charge on any atom is -0.495 e. The van der Waals surface area contributed by atoms with Crippen LogP contribution in [0.15, 0.2) is 71.6 Å². The molecule has 0 aliphatic carbocycles. The monoisotopic (exact) mass is 503 g/mol. The molecular weight excluding hydrogens is 482 g/mol. The molecule has 178 valence electrons. The van der Waals surface area contributed by atoms with Crippen molar-refractivity contribution in [1.82, 2.24) is 4.31 Å². The smallest absolute Gasteiger partial charge is 0.274 e. The molecule has 0 spiro atoms. The molecule has 3 aromatic carbocycles. The van der Waals surface area contributed by atoms with Gasteiger partial charge in [-0.25, -0.2) is 8.42 Å². The van der Waals surface area contributed by atoms with E-state index in [0.717, 1.165) is 4.31 Å². The molecule has 9 nitrogen and oxygen atoms in total. The van der Waals surface area contributed by atoms with E-state index in [9.17, 15) is 23.3 Å². The number of rotatable bonds is 9. The van der Waals surface area contributed by atoms with Crippen LogP contribution in [0, 0.1) is 17.0 Å². The number of sulfonamides is 1. The van der Waals surface area contributed by atoms with Gasteiger partial charge in [0, 0.05) is 12.6 Å². The minimum atomic E-state index is -4.14. The highest BCUT2D eigenvalue weighted by molar-refractivity contribution is 7.89. The number of hydrogen-bond acceptors (Lipinski definition) is 6. The van der Waals surface area contributed by atoms with Crippen LogP contribution in [-0.4, -0.2) is 37.2 Å². The van der Waals surface area contributed by atoms with Crippen LogP contribution in [0.3, 0.4) is 0 Å². The number of nitrogens with zero attached hydrogens (tertiary/aromatic N) is 2. The van der Waals surface area contributed by atoms with Crippen LogP contribution in [0.5, 0.6) is 5.75 Å². The molecule has 0 aliphatic heterocycles. The zero-order valence-electron chi connectivity index (χ0n) is 18.4. The number of carbonyl (C=O) groups excluding carboxylic acids is 1. The van der Waals surface area contributed by atoms with Gasteiger partial charge in [0.25, 0.3) is 5.69 Å². The third-order valence-electron chi connectivity index (χ3n) is 5.06. The van der Waals surface area contributed by atoms with Crippen molar-refractivity contribution >= 4 is 38.9 Å². The zero-order chi connectivity index (χ0) is 24.9. The molecule has 0 aliphatic rings. The Kier molecular flexibility index (Phi) is 7.87. The van der Waals surface area contributed by atoms with Crippen molar-refractivity contribution in [3.05, 3.63) is 93.0 Å². The number of anilines is 1. The Balaban J connectivity index is 1.92. The first-order valence-electron chi connectivity index (χ1n) is 10.0. The summed E-state index contributed by atoms with van der Waals surface area (Å²) >= 11 is 6.13. The molecule has 0 saturated heterocycles. The van der Waals surface area contributed by atoms with Crippen LogP contribution in [0.1, 0.15) is 11.1 Å². The summed E-state index contributed by atoms with van der Waals surface area (Å²) in [5.74, 6) is -0.336. The number of nitrogens with one attached hydrogen (secondary N) is 1. The normalized spacial score (nSPS) is 11.3. The van der Waals surface area contributed by atoms with Crippen LogP contribution in [0.25, 0.3) is 0 Å². The Bertz CT molecular complexity index is 1320. The average molecular weight is 504 g/mol. The van der Waals surface area contributed by atoms with Gasteiger partial charge < -0.3 is 10.1 Å². The fraction of sp³-hybridized carbons (Fsp3) is 0.174. The maximum atomic E-state index is 13.4. The Hall–Kier alpha value is -3.47. The summed E-state index contributed by atoms with van der Waals surface area (Å²) in [5, 5.41) is 13.9. The van der Waals surface area contributed by atoms with Crippen LogP contribution < -0.4 is 10.1 Å². The van der Waals surface area contributed by atoms with E-state index in [2.05, 4.69) is 5.32 Å². The highest BCUT2D eigenvalue weighted by Crippen LogP contribution is 2.29. The average Bonchev–Trinajstić information content (AvgIpc) is 2.80. The number of nitro benzene ring substituents is 1. The van der Waals surface area contributed by atoms with Gasteiger partial charge in [-0.1, -0.05) is 48.0 Å². The van der Waals surface area contributed by atoms with Crippen LogP contribution in [-0.2, 0) is 21.4 Å². The molecule has 0 fully saturated rings. The van der Waals surface area contributed by atoms with E-state index < -0.39 is 27.4 Å². The largest absolute Gasteiger partial charge is 0.495 e. The lowest BCUT2D eigenvalue weighted by molar-refractivity contribution is -0.385. The van der Waals surface area contributed by atoms with Crippen molar-refractivity contribution in [3.8, 4) is 5.75 Å². The number of nitro groups is 1. The van der Waals surface area contributed by atoms with Gasteiger partial charge in [0.05, 0.1) is 39.7 Å². The quantitative estimate of drug-likeness (QED) is 0.341. The van der Waals surface area contributed by atoms with Crippen LogP contribution in [0.4, 0.5) is 11.4 Å². The standard InChI is InChI=1S/C23H22ClN3O6S/c1-16-20(9-6-10-21(16)27(29)30)25-23(28)15-26(14-17-7-4-3-5-8-17)34(31,32)18-11-12-22(33-2)19(24)13-18/h3-13H,14-15H2,1-2H3,(H,25,28). The van der Waals surface area contributed by atoms with Crippen LogP contribution >= 0.6 is 11.6 Å². The molecule has 1 N–H and O–H groups in total. The third-order valence-corrected chi connectivity index (χ3v) is 7.14. The van der Waals surface area contributed by atoms with E-state index in [0.29, 0.717) is 11.3 Å². The first-order chi connectivity index (χ1) is 16.1. The van der Waals surface area contributed by atoms with E-state index in [1.807, 2.05) is 0 Å². The summed E-state index contributed by atoms with van der Waals surface area (Å²) in [4.78, 5) is 23.4. The highest BCUT2D eigenvalue weighted by atomic mass is 35.5. The van der Waals surface area contributed by atoms with Crippen molar-refractivity contribution in [2.24, 2.45) is 0 Å². The van der Waals surface area contributed by atoms with Gasteiger partial charge in [-0.3, -0.25) is 14.9 Å². The lowest BCUT2D eigenvalue weighted by atomic mass is 10.1. The first kappa shape index (κ1) is 25.2. The summed E-state index contributed by atoms with van der Waals surface area (Å²) in [6.07, 6.45) is 0. The van der Waals surface area contributed by atoms with Gasteiger partial charge in [0.1, 0.15) is 5.75 Å². The lowest BCUT2D eigenvalue weighted by Gasteiger charge is -2.22. The molecule has 0 saturated carbocycles. The number of methoxy groups -OCH3 is 1. The van der Waals surface area contributed by atoms with E-state index in [1.54, 1.807) is 30.3 Å².